The van der Waals surface area contributed by atoms with E-state index in [1.165, 1.54) is 19.4 Å². The van der Waals surface area contributed by atoms with Gasteiger partial charge in [-0.2, -0.15) is 0 Å². The normalized spacial score (nSPS) is 39.4. The van der Waals surface area contributed by atoms with E-state index in [4.69, 9.17) is 4.74 Å². The van der Waals surface area contributed by atoms with E-state index in [1.54, 1.807) is 0 Å². The molecule has 1 aliphatic carbocycles. The van der Waals surface area contributed by atoms with E-state index in [0.717, 1.165) is 25.0 Å². The average Bonchev–Trinajstić information content (AvgIpc) is 2.13. The van der Waals surface area contributed by atoms with Crippen molar-refractivity contribution in [1.82, 2.24) is 10.2 Å². The predicted molar refractivity (Wildman–Crippen MR) is 71.2 cm³/mol. The van der Waals surface area contributed by atoms with Gasteiger partial charge in [0, 0.05) is 25.2 Å². The van der Waals surface area contributed by atoms with Crippen molar-refractivity contribution in [1.29, 1.82) is 0 Å². The maximum atomic E-state index is 5.81. The van der Waals surface area contributed by atoms with Crippen LogP contribution in [0.15, 0.2) is 0 Å². The van der Waals surface area contributed by atoms with E-state index < -0.39 is 0 Å². The van der Waals surface area contributed by atoms with Crippen molar-refractivity contribution >= 4 is 0 Å². The molecule has 2 rings (SSSR count). The first-order valence-corrected chi connectivity index (χ1v) is 7.19. The number of ether oxygens (including phenoxy) is 1. The molecule has 2 aliphatic rings. The van der Waals surface area contributed by atoms with Gasteiger partial charge in [0.25, 0.3) is 0 Å². The molecule has 0 bridgehead atoms. The maximum Gasteiger partial charge on any atom is 0.0678 e. The summed E-state index contributed by atoms with van der Waals surface area (Å²) in [7, 11) is 0. The molecule has 2 fully saturated rings. The maximum absolute atomic E-state index is 5.81. The highest BCUT2D eigenvalue weighted by atomic mass is 16.5. The molecule has 4 atom stereocenters. The molecule has 0 aromatic carbocycles. The molecule has 1 N–H and O–H groups in total. The number of nitrogens with zero attached hydrogens (tertiary/aromatic N) is 1. The SMILES string of the molecule is CC(C)NCC1CCC1N1C[C@@H](C)O[C@@H](C)C1. The van der Waals surface area contributed by atoms with Crippen molar-refractivity contribution in [2.75, 3.05) is 19.6 Å². The second kappa shape index (κ2) is 5.68. The van der Waals surface area contributed by atoms with Gasteiger partial charge in [0.2, 0.25) is 0 Å². The fourth-order valence-corrected chi connectivity index (χ4v) is 3.15. The lowest BCUT2D eigenvalue weighted by molar-refractivity contribution is -0.100. The lowest BCUT2D eigenvalue weighted by Gasteiger charge is -2.48. The Morgan fingerprint density at radius 2 is 1.82 bits per heavy atom. The van der Waals surface area contributed by atoms with Crippen LogP contribution in [0.1, 0.15) is 40.5 Å². The number of rotatable bonds is 4. The standard InChI is InChI=1S/C14H28N2O/c1-10(2)15-7-13-5-6-14(13)16-8-11(3)17-12(4)9-16/h10-15H,5-9H2,1-4H3/t11-,12+,13?,14?. The summed E-state index contributed by atoms with van der Waals surface area (Å²) in [5.41, 5.74) is 0. The molecular weight excluding hydrogens is 212 g/mol. The van der Waals surface area contributed by atoms with Crippen LogP contribution in [0.2, 0.25) is 0 Å². The summed E-state index contributed by atoms with van der Waals surface area (Å²) in [6, 6.07) is 1.41. The van der Waals surface area contributed by atoms with Gasteiger partial charge in [-0.05, 0) is 39.2 Å². The van der Waals surface area contributed by atoms with Crippen molar-refractivity contribution in [3.05, 3.63) is 0 Å². The highest BCUT2D eigenvalue weighted by Crippen LogP contribution is 2.33. The van der Waals surface area contributed by atoms with Crippen LogP contribution in [0.5, 0.6) is 0 Å². The summed E-state index contributed by atoms with van der Waals surface area (Å²) >= 11 is 0. The van der Waals surface area contributed by atoms with Crippen molar-refractivity contribution in [2.45, 2.75) is 64.8 Å². The Bertz CT molecular complexity index is 234. The topological polar surface area (TPSA) is 24.5 Å². The van der Waals surface area contributed by atoms with E-state index in [1.807, 2.05) is 0 Å². The van der Waals surface area contributed by atoms with E-state index >= 15 is 0 Å². The molecule has 1 saturated carbocycles. The van der Waals surface area contributed by atoms with Crippen LogP contribution >= 0.6 is 0 Å². The number of morpholine rings is 1. The molecule has 2 unspecified atom stereocenters. The molecule has 3 nitrogen and oxygen atoms in total. The highest BCUT2D eigenvalue weighted by molar-refractivity contribution is 4.92. The van der Waals surface area contributed by atoms with Crippen molar-refractivity contribution in [3.8, 4) is 0 Å². The van der Waals surface area contributed by atoms with Crippen molar-refractivity contribution in [2.24, 2.45) is 5.92 Å². The third-order valence-corrected chi connectivity index (χ3v) is 4.08. The number of hydrogen-bond donors (Lipinski definition) is 1. The van der Waals surface area contributed by atoms with Crippen LogP contribution in [-0.2, 0) is 4.74 Å². The van der Waals surface area contributed by atoms with Gasteiger partial charge < -0.3 is 10.1 Å². The van der Waals surface area contributed by atoms with Crippen LogP contribution in [-0.4, -0.2) is 48.8 Å². The van der Waals surface area contributed by atoms with Crippen LogP contribution < -0.4 is 5.32 Å². The molecule has 1 heterocycles. The highest BCUT2D eigenvalue weighted by Gasteiger charge is 2.38. The largest absolute Gasteiger partial charge is 0.373 e. The quantitative estimate of drug-likeness (QED) is 0.812. The molecule has 3 heteroatoms. The second-order valence-corrected chi connectivity index (χ2v) is 6.18. The van der Waals surface area contributed by atoms with Crippen LogP contribution in [0.3, 0.4) is 0 Å². The lowest BCUT2D eigenvalue weighted by Crippen LogP contribution is -2.57. The fourth-order valence-electron chi connectivity index (χ4n) is 3.15. The summed E-state index contributed by atoms with van der Waals surface area (Å²) in [5.74, 6) is 0.856. The first kappa shape index (κ1) is 13.3. The number of nitrogens with one attached hydrogen (secondary N) is 1. The Kier molecular flexibility index (Phi) is 4.45. The van der Waals surface area contributed by atoms with E-state index in [-0.39, 0.29) is 0 Å². The van der Waals surface area contributed by atoms with E-state index in [2.05, 4.69) is 37.9 Å². The molecular formula is C14H28N2O. The zero-order valence-electron chi connectivity index (χ0n) is 11.8. The number of hydrogen-bond acceptors (Lipinski definition) is 3. The molecule has 100 valence electrons. The van der Waals surface area contributed by atoms with Crippen LogP contribution in [0.4, 0.5) is 0 Å². The van der Waals surface area contributed by atoms with Gasteiger partial charge >= 0.3 is 0 Å². The zero-order chi connectivity index (χ0) is 12.4. The van der Waals surface area contributed by atoms with E-state index in [0.29, 0.717) is 18.2 Å². The minimum Gasteiger partial charge on any atom is -0.373 e. The monoisotopic (exact) mass is 240 g/mol. The van der Waals surface area contributed by atoms with E-state index in [9.17, 15) is 0 Å². The molecule has 1 aliphatic heterocycles. The zero-order valence-corrected chi connectivity index (χ0v) is 11.8. The minimum atomic E-state index is 0.401. The van der Waals surface area contributed by atoms with Crippen LogP contribution in [0.25, 0.3) is 0 Å². The third-order valence-electron chi connectivity index (χ3n) is 4.08. The molecule has 0 aromatic heterocycles. The van der Waals surface area contributed by atoms with Crippen LogP contribution in [0, 0.1) is 5.92 Å². The average molecular weight is 240 g/mol. The summed E-state index contributed by atoms with van der Waals surface area (Å²) in [6.07, 6.45) is 3.57. The Labute approximate surface area is 106 Å². The Morgan fingerprint density at radius 1 is 1.18 bits per heavy atom. The predicted octanol–water partition coefficient (Wildman–Crippen LogP) is 1.87. The van der Waals surface area contributed by atoms with Gasteiger partial charge in [-0.25, -0.2) is 0 Å². The molecule has 0 amide bonds. The van der Waals surface area contributed by atoms with Crippen molar-refractivity contribution in [3.63, 3.8) is 0 Å². The smallest absolute Gasteiger partial charge is 0.0678 e. The molecule has 1 saturated heterocycles. The van der Waals surface area contributed by atoms with Gasteiger partial charge in [-0.3, -0.25) is 4.90 Å². The minimum absolute atomic E-state index is 0.401. The second-order valence-electron chi connectivity index (χ2n) is 6.18. The summed E-state index contributed by atoms with van der Waals surface area (Å²) in [4.78, 5) is 2.66. The first-order chi connectivity index (χ1) is 8.06. The van der Waals surface area contributed by atoms with Gasteiger partial charge in [0.1, 0.15) is 0 Å². The first-order valence-electron chi connectivity index (χ1n) is 7.19. The van der Waals surface area contributed by atoms with Gasteiger partial charge in [-0.15, -0.1) is 0 Å². The summed E-state index contributed by atoms with van der Waals surface area (Å²) in [5, 5.41) is 3.58. The van der Waals surface area contributed by atoms with Gasteiger partial charge in [0.05, 0.1) is 12.2 Å². The summed E-state index contributed by atoms with van der Waals surface area (Å²) in [6.45, 7) is 12.3. The van der Waals surface area contributed by atoms with Gasteiger partial charge in [-0.1, -0.05) is 13.8 Å². The lowest BCUT2D eigenvalue weighted by atomic mass is 9.78. The Morgan fingerprint density at radius 3 is 2.29 bits per heavy atom. The van der Waals surface area contributed by atoms with Gasteiger partial charge in [0.15, 0.2) is 0 Å². The third kappa shape index (κ3) is 3.43. The molecule has 0 spiro atoms. The molecule has 0 aromatic rings. The van der Waals surface area contributed by atoms with Crippen molar-refractivity contribution < 1.29 is 4.74 Å². The molecule has 0 radical (unpaired) electrons. The summed E-state index contributed by atoms with van der Waals surface area (Å²) < 4.78 is 5.81. The Hall–Kier alpha value is -0.120. The fraction of sp³-hybridized carbons (Fsp3) is 1.00. The molecule has 17 heavy (non-hydrogen) atoms. The Balaban J connectivity index is 1.81.